The quantitative estimate of drug-likeness (QED) is 0.724. The minimum Gasteiger partial charge on any atom is -0.457 e. The number of nitrogens with one attached hydrogen (secondary N) is 2. The molecule has 0 spiro atoms. The molecule has 3 unspecified atom stereocenters. The summed E-state index contributed by atoms with van der Waals surface area (Å²) in [5.74, 6) is 3.17. The van der Waals surface area contributed by atoms with Crippen LogP contribution in [-0.2, 0) is 16.1 Å². The van der Waals surface area contributed by atoms with Crippen LogP contribution in [0.5, 0.6) is 0 Å². The van der Waals surface area contributed by atoms with E-state index in [0.717, 1.165) is 11.8 Å². The molecule has 0 aromatic carbocycles. The first-order valence-corrected chi connectivity index (χ1v) is 6.04. The van der Waals surface area contributed by atoms with E-state index in [2.05, 4.69) is 15.2 Å². The van der Waals surface area contributed by atoms with Crippen LogP contribution in [0.15, 0.2) is 4.79 Å². The van der Waals surface area contributed by atoms with Crippen molar-refractivity contribution in [1.29, 1.82) is 0 Å². The van der Waals surface area contributed by atoms with E-state index in [1.54, 1.807) is 0 Å². The van der Waals surface area contributed by atoms with Crippen molar-refractivity contribution in [3.63, 3.8) is 0 Å². The van der Waals surface area contributed by atoms with E-state index in [0.29, 0.717) is 17.7 Å². The lowest BCUT2D eigenvalue weighted by Gasteiger charge is -2.12. The zero-order valence-corrected chi connectivity index (χ0v) is 9.18. The van der Waals surface area contributed by atoms with Crippen LogP contribution in [-0.4, -0.2) is 21.2 Å². The van der Waals surface area contributed by atoms with Gasteiger partial charge >= 0.3 is 11.7 Å². The topological polar surface area (TPSA) is 87.8 Å². The number of nitrogens with zero attached hydrogens (tertiary/aromatic N) is 1. The third kappa shape index (κ3) is 1.23. The Morgan fingerprint density at radius 1 is 1.41 bits per heavy atom. The average Bonchev–Trinajstić information content (AvgIpc) is 2.84. The summed E-state index contributed by atoms with van der Waals surface area (Å²) < 4.78 is 5.23. The van der Waals surface area contributed by atoms with E-state index in [4.69, 9.17) is 4.74 Å². The smallest absolute Gasteiger partial charge is 0.340 e. The molecule has 1 aromatic heterocycles. The molecule has 6 heteroatoms. The van der Waals surface area contributed by atoms with Crippen LogP contribution >= 0.6 is 0 Å². The van der Waals surface area contributed by atoms with E-state index in [1.807, 2.05) is 0 Å². The van der Waals surface area contributed by atoms with Crippen LogP contribution in [0, 0.1) is 29.6 Å². The van der Waals surface area contributed by atoms with Gasteiger partial charge in [0.05, 0.1) is 5.92 Å². The number of H-pyrrole nitrogens is 2. The molecule has 0 amide bonds. The highest BCUT2D eigenvalue weighted by atomic mass is 16.5. The fraction of sp³-hybridized carbons (Fsp3) is 0.727. The summed E-state index contributed by atoms with van der Waals surface area (Å²) in [7, 11) is 0. The highest BCUT2D eigenvalue weighted by Gasteiger charge is 2.70. The molecule has 4 aliphatic rings. The van der Waals surface area contributed by atoms with Crippen molar-refractivity contribution in [2.45, 2.75) is 19.4 Å². The summed E-state index contributed by atoms with van der Waals surface area (Å²) in [6.45, 7) is 0.0584. The molecule has 6 nitrogen and oxygen atoms in total. The molecule has 4 saturated carbocycles. The molecule has 4 aliphatic carbocycles. The number of rotatable bonds is 3. The Morgan fingerprint density at radius 2 is 2.18 bits per heavy atom. The normalized spacial score (nSPS) is 40.6. The second kappa shape index (κ2) is 3.00. The minimum absolute atomic E-state index is 0.0584. The molecule has 0 radical (unpaired) electrons. The fourth-order valence-corrected chi connectivity index (χ4v) is 4.03. The maximum atomic E-state index is 11.9. The Balaban J connectivity index is 1.40. The maximum absolute atomic E-state index is 11.9. The number of aromatic nitrogens is 3. The summed E-state index contributed by atoms with van der Waals surface area (Å²) >= 11 is 0. The molecule has 1 aromatic rings. The lowest BCUT2D eigenvalue weighted by atomic mass is 9.99. The van der Waals surface area contributed by atoms with E-state index >= 15 is 0 Å². The van der Waals surface area contributed by atoms with Gasteiger partial charge in [-0.15, -0.1) is 0 Å². The second-order valence-electron chi connectivity index (χ2n) is 5.39. The zero-order valence-electron chi connectivity index (χ0n) is 9.18. The first kappa shape index (κ1) is 9.44. The van der Waals surface area contributed by atoms with Crippen LogP contribution < -0.4 is 5.69 Å². The first-order chi connectivity index (χ1) is 8.24. The van der Waals surface area contributed by atoms with Gasteiger partial charge in [0.15, 0.2) is 12.4 Å². The largest absolute Gasteiger partial charge is 0.457 e. The van der Waals surface area contributed by atoms with Gasteiger partial charge in [0, 0.05) is 0 Å². The van der Waals surface area contributed by atoms with Gasteiger partial charge < -0.3 is 4.74 Å². The Kier molecular flexibility index (Phi) is 1.66. The van der Waals surface area contributed by atoms with Crippen molar-refractivity contribution in [3.8, 4) is 0 Å². The molecule has 90 valence electrons. The van der Waals surface area contributed by atoms with Crippen molar-refractivity contribution < 1.29 is 9.53 Å². The highest BCUT2D eigenvalue weighted by Crippen LogP contribution is 2.73. The van der Waals surface area contributed by atoms with Gasteiger partial charge in [0.25, 0.3) is 0 Å². The summed E-state index contributed by atoms with van der Waals surface area (Å²) in [6, 6.07) is 0. The van der Waals surface area contributed by atoms with Crippen LogP contribution in [0.25, 0.3) is 0 Å². The lowest BCUT2D eigenvalue weighted by molar-refractivity contribution is -0.151. The molecule has 5 rings (SSSR count). The van der Waals surface area contributed by atoms with Crippen molar-refractivity contribution in [2.24, 2.45) is 29.6 Å². The van der Waals surface area contributed by atoms with E-state index in [9.17, 15) is 9.59 Å². The van der Waals surface area contributed by atoms with Gasteiger partial charge in [0.1, 0.15) is 0 Å². The summed E-state index contributed by atoms with van der Waals surface area (Å²) in [5.41, 5.74) is -0.374. The number of carbonyl (C=O) groups is 1. The van der Waals surface area contributed by atoms with Crippen molar-refractivity contribution >= 4 is 5.97 Å². The third-order valence-electron chi connectivity index (χ3n) is 4.64. The predicted molar refractivity (Wildman–Crippen MR) is 55.7 cm³/mol. The van der Waals surface area contributed by atoms with E-state index in [1.165, 1.54) is 12.8 Å². The van der Waals surface area contributed by atoms with Crippen LogP contribution in [0.3, 0.4) is 0 Å². The van der Waals surface area contributed by atoms with Crippen LogP contribution in [0.1, 0.15) is 18.7 Å². The molecular weight excluding hydrogens is 222 g/mol. The Morgan fingerprint density at radius 3 is 2.71 bits per heavy atom. The van der Waals surface area contributed by atoms with Crippen molar-refractivity contribution in [1.82, 2.24) is 15.2 Å². The molecule has 2 N–H and O–H groups in total. The summed E-state index contributed by atoms with van der Waals surface area (Å²) in [4.78, 5) is 25.2. The predicted octanol–water partition coefficient (Wildman–Crippen LogP) is 0.0432. The van der Waals surface area contributed by atoms with Gasteiger partial charge in [-0.1, -0.05) is 0 Å². The molecular formula is C11H13N3O3. The molecule has 0 saturated heterocycles. The number of aromatic amines is 2. The maximum Gasteiger partial charge on any atom is 0.340 e. The fourth-order valence-electron chi connectivity index (χ4n) is 4.03. The van der Waals surface area contributed by atoms with Crippen LogP contribution in [0.2, 0.25) is 0 Å². The lowest BCUT2D eigenvalue weighted by Crippen LogP contribution is -2.21. The number of carbonyl (C=O) groups excluding carboxylic acids is 1. The Labute approximate surface area is 96.8 Å². The van der Waals surface area contributed by atoms with Gasteiger partial charge in [-0.25, -0.2) is 9.89 Å². The van der Waals surface area contributed by atoms with Crippen molar-refractivity contribution in [2.75, 3.05) is 0 Å². The van der Waals surface area contributed by atoms with E-state index < -0.39 is 0 Å². The summed E-state index contributed by atoms with van der Waals surface area (Å²) in [5, 5.41) is 5.95. The number of hydrogen-bond donors (Lipinski definition) is 2. The second-order valence-corrected chi connectivity index (χ2v) is 5.39. The standard InChI is InChI=1S/C11H13N3O3/c15-10(17-3-7-12-11(16)14-13-7)8-4-1-5-6(2-4)9(5)8/h4-6,8-9H,1-3H2,(H2,12,13,14,16). The molecule has 17 heavy (non-hydrogen) atoms. The summed E-state index contributed by atoms with van der Waals surface area (Å²) in [6.07, 6.45) is 2.43. The van der Waals surface area contributed by atoms with Gasteiger partial charge in [-0.3, -0.25) is 9.78 Å². The number of ether oxygens (including phenoxy) is 1. The highest BCUT2D eigenvalue weighted by molar-refractivity contribution is 5.75. The number of hydrogen-bond acceptors (Lipinski definition) is 4. The Bertz CT molecular complexity index is 520. The van der Waals surface area contributed by atoms with Gasteiger partial charge in [-0.05, 0) is 36.5 Å². The number of esters is 1. The third-order valence-corrected chi connectivity index (χ3v) is 4.64. The first-order valence-electron chi connectivity index (χ1n) is 6.04. The molecule has 4 fully saturated rings. The molecule has 3 atom stereocenters. The van der Waals surface area contributed by atoms with Gasteiger partial charge in [-0.2, -0.15) is 5.10 Å². The zero-order chi connectivity index (χ0) is 11.6. The molecule has 0 aliphatic heterocycles. The SMILES string of the molecule is O=C(OCc1n[nH]c(=O)[nH]1)C1C2CC3C(C2)C31. The molecule has 4 bridgehead atoms. The van der Waals surface area contributed by atoms with Crippen LogP contribution in [0.4, 0.5) is 0 Å². The van der Waals surface area contributed by atoms with Crippen molar-refractivity contribution in [3.05, 3.63) is 16.3 Å². The molecule has 1 heterocycles. The van der Waals surface area contributed by atoms with Gasteiger partial charge in [0.2, 0.25) is 0 Å². The van der Waals surface area contributed by atoms with E-state index in [-0.39, 0.29) is 24.2 Å². The minimum atomic E-state index is -0.374. The Hall–Kier alpha value is -1.59. The average molecular weight is 235 g/mol. The monoisotopic (exact) mass is 235 g/mol.